The van der Waals surface area contributed by atoms with E-state index in [9.17, 15) is 0 Å². The minimum atomic E-state index is 0.567. The van der Waals surface area contributed by atoms with Crippen LogP contribution < -0.4 is 11.1 Å². The average molecular weight is 206 g/mol. The first kappa shape index (κ1) is 8.96. The number of hydrogen-bond acceptors (Lipinski definition) is 5. The lowest BCUT2D eigenvalue weighted by molar-refractivity contribution is 1.17. The van der Waals surface area contributed by atoms with Crippen molar-refractivity contribution in [1.29, 1.82) is 0 Å². The van der Waals surface area contributed by atoms with Gasteiger partial charge in [0.1, 0.15) is 0 Å². The molecule has 0 saturated heterocycles. The number of nitrogens with one attached hydrogen (secondary N) is 1. The van der Waals surface area contributed by atoms with E-state index in [1.54, 1.807) is 23.7 Å². The van der Waals surface area contributed by atoms with E-state index in [2.05, 4.69) is 20.7 Å². The normalized spacial score (nSPS) is 10.1. The molecule has 2 aromatic heterocycles. The molecule has 2 aromatic rings. The van der Waals surface area contributed by atoms with E-state index in [1.807, 2.05) is 12.3 Å². The van der Waals surface area contributed by atoms with Gasteiger partial charge in [0.25, 0.3) is 0 Å². The van der Waals surface area contributed by atoms with Gasteiger partial charge < -0.3 is 11.1 Å². The van der Waals surface area contributed by atoms with E-state index in [1.165, 1.54) is 5.56 Å². The summed E-state index contributed by atoms with van der Waals surface area (Å²) in [5, 5.41) is 7.20. The van der Waals surface area contributed by atoms with Crippen LogP contribution in [0.3, 0.4) is 0 Å². The van der Waals surface area contributed by atoms with Crippen molar-refractivity contribution in [2.75, 3.05) is 11.1 Å². The molecule has 0 radical (unpaired) electrons. The molecule has 0 saturated carbocycles. The number of nitrogens with two attached hydrogens (primary N) is 1. The Hall–Kier alpha value is -1.62. The third-order valence-corrected chi connectivity index (χ3v) is 2.64. The first-order chi connectivity index (χ1) is 6.75. The molecule has 3 N–H and O–H groups in total. The number of thiophene rings is 1. The molecule has 4 nitrogen and oxygen atoms in total. The maximum Gasteiger partial charge on any atom is 0.227 e. The Bertz CT molecular complexity index is 421. The molecular weight excluding hydrogens is 196 g/mol. The number of nitrogens with zero attached hydrogens (tertiary/aromatic N) is 2. The van der Waals surface area contributed by atoms with Gasteiger partial charge in [-0.25, -0.2) is 9.97 Å². The predicted octanol–water partition coefficient (Wildman–Crippen LogP) is 2.17. The van der Waals surface area contributed by atoms with Gasteiger partial charge in [-0.1, -0.05) is 0 Å². The second kappa shape index (κ2) is 3.63. The van der Waals surface area contributed by atoms with Gasteiger partial charge in [0.05, 0.1) is 23.8 Å². The van der Waals surface area contributed by atoms with E-state index in [0.717, 1.165) is 5.69 Å². The first-order valence-electron chi connectivity index (χ1n) is 4.13. The fourth-order valence-electron chi connectivity index (χ4n) is 1.01. The highest BCUT2D eigenvalue weighted by molar-refractivity contribution is 7.08. The number of anilines is 3. The van der Waals surface area contributed by atoms with Crippen molar-refractivity contribution < 1.29 is 0 Å². The van der Waals surface area contributed by atoms with Crippen molar-refractivity contribution in [2.24, 2.45) is 0 Å². The van der Waals surface area contributed by atoms with Crippen molar-refractivity contribution >= 4 is 28.7 Å². The molecule has 14 heavy (non-hydrogen) atoms. The largest absolute Gasteiger partial charge is 0.396 e. The van der Waals surface area contributed by atoms with E-state index >= 15 is 0 Å². The zero-order valence-electron chi connectivity index (χ0n) is 7.69. The van der Waals surface area contributed by atoms with Gasteiger partial charge in [0.15, 0.2) is 0 Å². The van der Waals surface area contributed by atoms with Crippen LogP contribution >= 0.6 is 11.3 Å². The Kier molecular flexibility index (Phi) is 2.32. The summed E-state index contributed by atoms with van der Waals surface area (Å²) in [6.07, 6.45) is 3.16. The second-order valence-corrected chi connectivity index (χ2v) is 3.68. The van der Waals surface area contributed by atoms with Crippen LogP contribution in [-0.4, -0.2) is 9.97 Å². The van der Waals surface area contributed by atoms with Crippen molar-refractivity contribution in [1.82, 2.24) is 9.97 Å². The molecule has 2 rings (SSSR count). The van der Waals surface area contributed by atoms with Gasteiger partial charge >= 0.3 is 0 Å². The molecule has 0 aliphatic heterocycles. The smallest absolute Gasteiger partial charge is 0.227 e. The van der Waals surface area contributed by atoms with Gasteiger partial charge in [-0.2, -0.15) is 0 Å². The number of hydrogen-bond donors (Lipinski definition) is 2. The standard InChI is InChI=1S/C9H10N4S/c1-6-4-14-5-8(6)13-9-11-2-7(10)3-12-9/h2-5H,10H2,1H3,(H,11,12,13). The van der Waals surface area contributed by atoms with E-state index in [-0.39, 0.29) is 0 Å². The van der Waals surface area contributed by atoms with Crippen LogP contribution in [-0.2, 0) is 0 Å². The maximum atomic E-state index is 5.48. The first-order valence-corrected chi connectivity index (χ1v) is 5.07. The Labute approximate surface area is 85.8 Å². The van der Waals surface area contributed by atoms with Gasteiger partial charge in [-0.15, -0.1) is 11.3 Å². The van der Waals surface area contributed by atoms with Gasteiger partial charge in [0.2, 0.25) is 5.95 Å². The molecule has 0 fully saturated rings. The molecule has 0 aliphatic rings. The van der Waals surface area contributed by atoms with Crippen molar-refractivity contribution in [2.45, 2.75) is 6.92 Å². The number of nitrogen functional groups attached to an aromatic ring is 1. The van der Waals surface area contributed by atoms with Crippen LogP contribution in [0.4, 0.5) is 17.3 Å². The molecule has 0 aromatic carbocycles. The van der Waals surface area contributed by atoms with Crippen molar-refractivity contribution in [3.05, 3.63) is 28.7 Å². The summed E-state index contributed by atoms with van der Waals surface area (Å²) in [5.41, 5.74) is 8.28. The highest BCUT2D eigenvalue weighted by Crippen LogP contribution is 2.21. The Morgan fingerprint density at radius 1 is 1.29 bits per heavy atom. The minimum Gasteiger partial charge on any atom is -0.396 e. The van der Waals surface area contributed by atoms with E-state index in [0.29, 0.717) is 11.6 Å². The summed E-state index contributed by atoms with van der Waals surface area (Å²) in [7, 11) is 0. The summed E-state index contributed by atoms with van der Waals surface area (Å²) in [6.45, 7) is 2.04. The van der Waals surface area contributed by atoms with Crippen molar-refractivity contribution in [3.8, 4) is 0 Å². The summed E-state index contributed by atoms with van der Waals surface area (Å²) < 4.78 is 0. The number of aryl methyl sites for hydroxylation is 1. The van der Waals surface area contributed by atoms with E-state index < -0.39 is 0 Å². The van der Waals surface area contributed by atoms with Gasteiger partial charge in [-0.3, -0.25) is 0 Å². The van der Waals surface area contributed by atoms with Crippen LogP contribution in [0.2, 0.25) is 0 Å². The third-order valence-electron chi connectivity index (χ3n) is 1.77. The van der Waals surface area contributed by atoms with Gasteiger partial charge in [0, 0.05) is 5.38 Å². The summed E-state index contributed by atoms with van der Waals surface area (Å²) in [5.74, 6) is 0.570. The molecule has 0 unspecified atom stereocenters. The quantitative estimate of drug-likeness (QED) is 0.790. The number of aromatic nitrogens is 2. The lowest BCUT2D eigenvalue weighted by Crippen LogP contribution is -1.97. The molecule has 0 atom stereocenters. The Morgan fingerprint density at radius 3 is 2.57 bits per heavy atom. The highest BCUT2D eigenvalue weighted by Gasteiger charge is 2.00. The fraction of sp³-hybridized carbons (Fsp3) is 0.111. The second-order valence-electron chi connectivity index (χ2n) is 2.93. The topological polar surface area (TPSA) is 63.8 Å². The minimum absolute atomic E-state index is 0.567. The Balaban J connectivity index is 2.19. The van der Waals surface area contributed by atoms with Crippen LogP contribution in [0.25, 0.3) is 0 Å². The molecule has 0 amide bonds. The third kappa shape index (κ3) is 1.82. The summed E-state index contributed by atoms with van der Waals surface area (Å²) >= 11 is 1.65. The molecule has 2 heterocycles. The maximum absolute atomic E-state index is 5.48. The zero-order chi connectivity index (χ0) is 9.97. The lowest BCUT2D eigenvalue weighted by Gasteiger charge is -2.02. The van der Waals surface area contributed by atoms with Crippen LogP contribution in [0, 0.1) is 6.92 Å². The SMILES string of the molecule is Cc1cscc1Nc1ncc(N)cn1. The molecule has 0 aliphatic carbocycles. The summed E-state index contributed by atoms with van der Waals surface area (Å²) in [4.78, 5) is 8.10. The lowest BCUT2D eigenvalue weighted by atomic mass is 10.3. The monoisotopic (exact) mass is 206 g/mol. The molecule has 72 valence electrons. The van der Waals surface area contributed by atoms with Crippen LogP contribution in [0.1, 0.15) is 5.56 Å². The highest BCUT2D eigenvalue weighted by atomic mass is 32.1. The molecule has 0 spiro atoms. The molecular formula is C9H10N4S. The van der Waals surface area contributed by atoms with E-state index in [4.69, 9.17) is 5.73 Å². The number of rotatable bonds is 2. The average Bonchev–Trinajstić information content (AvgIpc) is 2.56. The van der Waals surface area contributed by atoms with Crippen LogP contribution in [0.15, 0.2) is 23.2 Å². The molecule has 5 heteroatoms. The fourth-order valence-corrected chi connectivity index (χ4v) is 1.79. The summed E-state index contributed by atoms with van der Waals surface area (Å²) in [6, 6.07) is 0. The Morgan fingerprint density at radius 2 is 2.00 bits per heavy atom. The van der Waals surface area contributed by atoms with Crippen molar-refractivity contribution in [3.63, 3.8) is 0 Å². The van der Waals surface area contributed by atoms with Crippen LogP contribution in [0.5, 0.6) is 0 Å². The zero-order valence-corrected chi connectivity index (χ0v) is 8.51. The predicted molar refractivity (Wildman–Crippen MR) is 58.8 cm³/mol. The molecule has 0 bridgehead atoms. The van der Waals surface area contributed by atoms with Gasteiger partial charge in [-0.05, 0) is 17.9 Å².